The van der Waals surface area contributed by atoms with Gasteiger partial charge in [-0.1, -0.05) is 0 Å². The number of carboxylic acids is 1. The summed E-state index contributed by atoms with van der Waals surface area (Å²) >= 11 is 0. The summed E-state index contributed by atoms with van der Waals surface area (Å²) in [6, 6.07) is 0. The lowest BCUT2D eigenvalue weighted by Gasteiger charge is -2.19. The fourth-order valence-electron chi connectivity index (χ4n) is 1.32. The lowest BCUT2D eigenvalue weighted by Crippen LogP contribution is -2.45. The summed E-state index contributed by atoms with van der Waals surface area (Å²) in [5.74, 6) is -3.75. The summed E-state index contributed by atoms with van der Waals surface area (Å²) in [5.41, 5.74) is -2.26. The van der Waals surface area contributed by atoms with E-state index in [0.29, 0.717) is 0 Å². The maximum atomic E-state index is 11.9. The molecule has 1 fully saturated rings. The van der Waals surface area contributed by atoms with Crippen molar-refractivity contribution in [3.05, 3.63) is 0 Å². The molecular formula is C7H8F3NO4. The standard InChI is InChI=1S/C7H8F3NO4/c8-7(9,10)4(12)11-2-1-6(15,3-11)5(13)14/h15H,1-3H2,(H,13,14). The molecule has 1 saturated heterocycles. The molecule has 5 nitrogen and oxygen atoms in total. The van der Waals surface area contributed by atoms with E-state index in [-0.39, 0.29) is 4.90 Å². The molecule has 0 aromatic heterocycles. The number of aliphatic hydroxyl groups is 1. The lowest BCUT2D eigenvalue weighted by atomic mass is 10.0. The first kappa shape index (κ1) is 11.8. The zero-order chi connectivity index (χ0) is 11.9. The minimum atomic E-state index is -5.04. The number of carbonyl (C=O) groups excluding carboxylic acids is 1. The predicted octanol–water partition coefficient (Wildman–Crippen LogP) is -0.403. The second kappa shape index (κ2) is 3.37. The summed E-state index contributed by atoms with van der Waals surface area (Å²) in [5, 5.41) is 17.8. The lowest BCUT2D eigenvalue weighted by molar-refractivity contribution is -0.185. The predicted molar refractivity (Wildman–Crippen MR) is 39.8 cm³/mol. The molecule has 1 amide bonds. The van der Waals surface area contributed by atoms with Gasteiger partial charge in [0.2, 0.25) is 0 Å². The molecule has 8 heteroatoms. The Kier molecular flexibility index (Phi) is 2.64. The van der Waals surface area contributed by atoms with Crippen molar-refractivity contribution in [1.82, 2.24) is 4.90 Å². The molecule has 2 N–H and O–H groups in total. The van der Waals surface area contributed by atoms with Crippen molar-refractivity contribution in [3.8, 4) is 0 Å². The molecular weight excluding hydrogens is 219 g/mol. The van der Waals surface area contributed by atoms with Gasteiger partial charge in [-0.3, -0.25) is 4.79 Å². The number of carbonyl (C=O) groups is 2. The van der Waals surface area contributed by atoms with E-state index in [4.69, 9.17) is 5.11 Å². The Morgan fingerprint density at radius 3 is 2.20 bits per heavy atom. The Morgan fingerprint density at radius 1 is 1.33 bits per heavy atom. The van der Waals surface area contributed by atoms with Gasteiger partial charge in [0, 0.05) is 13.0 Å². The largest absolute Gasteiger partial charge is 0.479 e. The van der Waals surface area contributed by atoms with E-state index < -0.39 is 43.2 Å². The maximum Gasteiger partial charge on any atom is 0.471 e. The fourth-order valence-corrected chi connectivity index (χ4v) is 1.32. The smallest absolute Gasteiger partial charge is 0.471 e. The molecule has 0 aromatic carbocycles. The van der Waals surface area contributed by atoms with E-state index in [2.05, 4.69) is 0 Å². The Hall–Kier alpha value is -1.31. The van der Waals surface area contributed by atoms with Gasteiger partial charge in [0.25, 0.3) is 0 Å². The Bertz CT molecular complexity index is 303. The van der Waals surface area contributed by atoms with Gasteiger partial charge in [0.15, 0.2) is 5.60 Å². The summed E-state index contributed by atoms with van der Waals surface area (Å²) in [4.78, 5) is 21.4. The molecule has 0 spiro atoms. The Balaban J connectivity index is 2.73. The van der Waals surface area contributed by atoms with Crippen molar-refractivity contribution in [3.63, 3.8) is 0 Å². The van der Waals surface area contributed by atoms with Crippen LogP contribution in [0.4, 0.5) is 13.2 Å². The average Bonchev–Trinajstić information content (AvgIpc) is 2.46. The van der Waals surface area contributed by atoms with Gasteiger partial charge >= 0.3 is 18.1 Å². The number of nitrogens with zero attached hydrogens (tertiary/aromatic N) is 1. The van der Waals surface area contributed by atoms with Crippen LogP contribution < -0.4 is 0 Å². The molecule has 1 aliphatic rings. The number of alkyl halides is 3. The number of amides is 1. The number of hydrogen-bond donors (Lipinski definition) is 2. The molecule has 1 unspecified atom stereocenters. The quantitative estimate of drug-likeness (QED) is 0.638. The summed E-state index contributed by atoms with van der Waals surface area (Å²) in [7, 11) is 0. The monoisotopic (exact) mass is 227 g/mol. The van der Waals surface area contributed by atoms with Gasteiger partial charge in [-0.05, 0) is 0 Å². The number of carboxylic acid groups (broad SMARTS) is 1. The van der Waals surface area contributed by atoms with Crippen molar-refractivity contribution in [2.24, 2.45) is 0 Å². The number of rotatable bonds is 1. The topological polar surface area (TPSA) is 77.8 Å². The maximum absolute atomic E-state index is 11.9. The number of hydrogen-bond acceptors (Lipinski definition) is 3. The molecule has 15 heavy (non-hydrogen) atoms. The molecule has 1 rings (SSSR count). The number of likely N-dealkylation sites (tertiary alicyclic amines) is 1. The van der Waals surface area contributed by atoms with Crippen LogP contribution in [0.2, 0.25) is 0 Å². The first-order chi connectivity index (χ1) is 6.67. The van der Waals surface area contributed by atoms with Gasteiger partial charge in [-0.25, -0.2) is 4.79 Å². The molecule has 1 heterocycles. The highest BCUT2D eigenvalue weighted by Gasteiger charge is 2.50. The highest BCUT2D eigenvalue weighted by atomic mass is 19.4. The van der Waals surface area contributed by atoms with Crippen LogP contribution in [0.15, 0.2) is 0 Å². The molecule has 0 saturated carbocycles. The first-order valence-corrected chi connectivity index (χ1v) is 3.99. The van der Waals surface area contributed by atoms with E-state index in [1.165, 1.54) is 0 Å². The minimum absolute atomic E-state index is 0.286. The number of β-amino-alcohol motifs (C(OH)–C–C–N with tert-alkyl or cyclic N) is 1. The van der Waals surface area contributed by atoms with E-state index in [1.54, 1.807) is 0 Å². The molecule has 1 atom stereocenters. The molecule has 0 bridgehead atoms. The van der Waals surface area contributed by atoms with Crippen LogP contribution in [-0.4, -0.2) is 51.9 Å². The SMILES string of the molecule is O=C(N1CCC(O)(C(=O)O)C1)C(F)(F)F. The number of halogens is 3. The summed E-state index contributed by atoms with van der Waals surface area (Å²) in [6.07, 6.45) is -5.44. The first-order valence-electron chi connectivity index (χ1n) is 3.99. The van der Waals surface area contributed by atoms with Crippen molar-refractivity contribution < 1.29 is 33.0 Å². The third-order valence-corrected chi connectivity index (χ3v) is 2.18. The van der Waals surface area contributed by atoms with Crippen LogP contribution in [0.5, 0.6) is 0 Å². The normalized spacial score (nSPS) is 26.8. The molecule has 0 aromatic rings. The fraction of sp³-hybridized carbons (Fsp3) is 0.714. The van der Waals surface area contributed by atoms with Crippen molar-refractivity contribution in [2.45, 2.75) is 18.2 Å². The van der Waals surface area contributed by atoms with Gasteiger partial charge in [-0.2, -0.15) is 13.2 Å². The summed E-state index contributed by atoms with van der Waals surface area (Å²) < 4.78 is 35.8. The van der Waals surface area contributed by atoms with Gasteiger partial charge in [0.1, 0.15) is 0 Å². The molecule has 0 aliphatic carbocycles. The van der Waals surface area contributed by atoms with E-state index in [0.717, 1.165) is 0 Å². The molecule has 1 aliphatic heterocycles. The van der Waals surface area contributed by atoms with E-state index in [1.807, 2.05) is 0 Å². The zero-order valence-electron chi connectivity index (χ0n) is 7.41. The van der Waals surface area contributed by atoms with Crippen LogP contribution in [-0.2, 0) is 9.59 Å². The van der Waals surface area contributed by atoms with Crippen molar-refractivity contribution in [1.29, 1.82) is 0 Å². The minimum Gasteiger partial charge on any atom is -0.479 e. The molecule has 0 radical (unpaired) electrons. The van der Waals surface area contributed by atoms with Gasteiger partial charge in [0.05, 0.1) is 6.54 Å². The van der Waals surface area contributed by atoms with Crippen LogP contribution in [0.25, 0.3) is 0 Å². The van der Waals surface area contributed by atoms with Crippen molar-refractivity contribution >= 4 is 11.9 Å². The van der Waals surface area contributed by atoms with E-state index >= 15 is 0 Å². The van der Waals surface area contributed by atoms with Crippen LogP contribution in [0.3, 0.4) is 0 Å². The highest BCUT2D eigenvalue weighted by molar-refractivity contribution is 5.85. The van der Waals surface area contributed by atoms with Crippen LogP contribution in [0.1, 0.15) is 6.42 Å². The third kappa shape index (κ3) is 2.20. The van der Waals surface area contributed by atoms with Gasteiger partial charge < -0.3 is 15.1 Å². The van der Waals surface area contributed by atoms with E-state index in [9.17, 15) is 27.9 Å². The number of aliphatic carboxylic acids is 1. The third-order valence-electron chi connectivity index (χ3n) is 2.18. The second-order valence-corrected chi connectivity index (χ2v) is 3.31. The van der Waals surface area contributed by atoms with Crippen LogP contribution in [0, 0.1) is 0 Å². The van der Waals surface area contributed by atoms with Crippen molar-refractivity contribution in [2.75, 3.05) is 13.1 Å². The summed E-state index contributed by atoms with van der Waals surface area (Å²) in [6.45, 7) is -1.25. The molecule has 86 valence electrons. The zero-order valence-corrected chi connectivity index (χ0v) is 7.41. The Morgan fingerprint density at radius 2 is 1.87 bits per heavy atom. The van der Waals surface area contributed by atoms with Crippen LogP contribution >= 0.6 is 0 Å². The Labute approximate surface area is 82.1 Å². The average molecular weight is 227 g/mol. The van der Waals surface area contributed by atoms with Gasteiger partial charge in [-0.15, -0.1) is 0 Å². The second-order valence-electron chi connectivity index (χ2n) is 3.31. The highest BCUT2D eigenvalue weighted by Crippen LogP contribution is 2.26.